The predicted octanol–water partition coefficient (Wildman–Crippen LogP) is 4.23. The molecule has 0 aliphatic carbocycles. The molecule has 0 bridgehead atoms. The second-order valence-corrected chi connectivity index (χ2v) is 5.07. The summed E-state index contributed by atoms with van der Waals surface area (Å²) in [6.45, 7) is 7.22. The number of nitrogens with zero attached hydrogens (tertiary/aromatic N) is 2. The van der Waals surface area contributed by atoms with Crippen LogP contribution in [0.15, 0.2) is 30.6 Å². The molecule has 0 atom stereocenters. The molecule has 0 aliphatic rings. The molecule has 0 spiro atoms. The molecule has 3 nitrogen and oxygen atoms in total. The fourth-order valence-electron chi connectivity index (χ4n) is 2.16. The molecule has 106 valence electrons. The second-order valence-electron chi connectivity index (χ2n) is 5.07. The minimum Gasteiger partial charge on any atom is -0.370 e. The summed E-state index contributed by atoms with van der Waals surface area (Å²) in [4.78, 5) is 8.74. The summed E-state index contributed by atoms with van der Waals surface area (Å²) >= 11 is 0. The zero-order valence-electron chi connectivity index (χ0n) is 12.2. The summed E-state index contributed by atoms with van der Waals surface area (Å²) in [6, 6.07) is 6.43. The van der Waals surface area contributed by atoms with Crippen molar-refractivity contribution in [2.75, 3.05) is 11.9 Å². The van der Waals surface area contributed by atoms with Gasteiger partial charge in [0.2, 0.25) is 0 Å². The third-order valence-electron chi connectivity index (χ3n) is 3.12. The van der Waals surface area contributed by atoms with Crippen molar-refractivity contribution in [3.05, 3.63) is 42.0 Å². The Labute approximate surface area is 119 Å². The van der Waals surface area contributed by atoms with Gasteiger partial charge in [-0.15, -0.1) is 0 Å². The van der Waals surface area contributed by atoms with Crippen molar-refractivity contribution in [1.29, 1.82) is 0 Å². The van der Waals surface area contributed by atoms with Crippen LogP contribution in [0.5, 0.6) is 0 Å². The van der Waals surface area contributed by atoms with E-state index in [1.165, 1.54) is 12.1 Å². The molecule has 0 fully saturated rings. The topological polar surface area (TPSA) is 37.8 Å². The highest BCUT2D eigenvalue weighted by atomic mass is 19.1. The highest BCUT2D eigenvalue weighted by Crippen LogP contribution is 2.31. The van der Waals surface area contributed by atoms with Crippen LogP contribution >= 0.6 is 0 Å². The summed E-state index contributed by atoms with van der Waals surface area (Å²) in [5.74, 6) is 0.921. The normalized spacial score (nSPS) is 10.8. The Bertz CT molecular complexity index is 564. The van der Waals surface area contributed by atoms with Gasteiger partial charge in [-0.2, -0.15) is 0 Å². The van der Waals surface area contributed by atoms with Crippen LogP contribution in [0.4, 0.5) is 10.2 Å². The first-order valence-corrected chi connectivity index (χ1v) is 6.98. The van der Waals surface area contributed by atoms with E-state index < -0.39 is 0 Å². The fourth-order valence-corrected chi connectivity index (χ4v) is 2.16. The lowest BCUT2D eigenvalue weighted by Gasteiger charge is -2.17. The second kappa shape index (κ2) is 6.46. The first-order valence-electron chi connectivity index (χ1n) is 6.98. The molecule has 2 aromatic rings. The molecule has 0 saturated carbocycles. The monoisotopic (exact) mass is 273 g/mol. The number of benzene rings is 1. The Morgan fingerprint density at radius 3 is 2.45 bits per heavy atom. The fraction of sp³-hybridized carbons (Fsp3) is 0.375. The van der Waals surface area contributed by atoms with Gasteiger partial charge in [0.05, 0.1) is 5.69 Å². The molecule has 2 rings (SSSR count). The highest BCUT2D eigenvalue weighted by molar-refractivity contribution is 5.69. The lowest BCUT2D eigenvalue weighted by atomic mass is 9.97. The molecule has 0 aliphatic heterocycles. The SMILES string of the molecule is CCCNc1ncnc(-c2ccc(F)cc2)c1C(C)C. The summed E-state index contributed by atoms with van der Waals surface area (Å²) in [7, 11) is 0. The molecule has 1 aromatic carbocycles. The Hall–Kier alpha value is -1.97. The van der Waals surface area contributed by atoms with E-state index in [4.69, 9.17) is 0 Å². The molecular weight excluding hydrogens is 253 g/mol. The van der Waals surface area contributed by atoms with Gasteiger partial charge in [-0.25, -0.2) is 14.4 Å². The molecule has 1 N–H and O–H groups in total. The lowest BCUT2D eigenvalue weighted by Crippen LogP contribution is -2.08. The average molecular weight is 273 g/mol. The molecule has 0 saturated heterocycles. The van der Waals surface area contributed by atoms with E-state index in [9.17, 15) is 4.39 Å². The van der Waals surface area contributed by atoms with E-state index in [2.05, 4.69) is 36.1 Å². The Kier molecular flexibility index (Phi) is 4.66. The average Bonchev–Trinajstić information content (AvgIpc) is 2.45. The van der Waals surface area contributed by atoms with E-state index in [-0.39, 0.29) is 11.7 Å². The molecule has 0 amide bonds. The third-order valence-corrected chi connectivity index (χ3v) is 3.12. The van der Waals surface area contributed by atoms with Crippen molar-refractivity contribution in [1.82, 2.24) is 9.97 Å². The van der Waals surface area contributed by atoms with Crippen LogP contribution in [-0.4, -0.2) is 16.5 Å². The molecule has 0 unspecified atom stereocenters. The van der Waals surface area contributed by atoms with Gasteiger partial charge >= 0.3 is 0 Å². The third kappa shape index (κ3) is 3.13. The van der Waals surface area contributed by atoms with Crippen molar-refractivity contribution < 1.29 is 4.39 Å². The number of nitrogens with one attached hydrogen (secondary N) is 1. The van der Waals surface area contributed by atoms with Gasteiger partial charge in [0.15, 0.2) is 0 Å². The van der Waals surface area contributed by atoms with E-state index in [0.29, 0.717) is 0 Å². The van der Waals surface area contributed by atoms with Crippen LogP contribution in [0.2, 0.25) is 0 Å². The van der Waals surface area contributed by atoms with Gasteiger partial charge in [0.25, 0.3) is 0 Å². The van der Waals surface area contributed by atoms with Gasteiger partial charge in [0.1, 0.15) is 18.0 Å². The molecular formula is C16H20FN3. The van der Waals surface area contributed by atoms with Crippen molar-refractivity contribution in [3.63, 3.8) is 0 Å². The van der Waals surface area contributed by atoms with E-state index in [1.807, 2.05) is 0 Å². The molecule has 20 heavy (non-hydrogen) atoms. The maximum absolute atomic E-state index is 13.1. The van der Waals surface area contributed by atoms with Gasteiger partial charge in [-0.3, -0.25) is 0 Å². The van der Waals surface area contributed by atoms with Crippen LogP contribution in [0.25, 0.3) is 11.3 Å². The first kappa shape index (κ1) is 14.4. The van der Waals surface area contributed by atoms with Crippen LogP contribution in [-0.2, 0) is 0 Å². The minimum atomic E-state index is -0.238. The Balaban J connectivity index is 2.49. The Morgan fingerprint density at radius 1 is 1.15 bits per heavy atom. The number of anilines is 1. The van der Waals surface area contributed by atoms with Crippen LogP contribution in [0.1, 0.15) is 38.7 Å². The van der Waals surface area contributed by atoms with Crippen LogP contribution < -0.4 is 5.32 Å². The van der Waals surface area contributed by atoms with Gasteiger partial charge in [0, 0.05) is 17.7 Å². The summed E-state index contributed by atoms with van der Waals surface area (Å²) < 4.78 is 13.1. The van der Waals surface area contributed by atoms with Crippen molar-refractivity contribution in [2.24, 2.45) is 0 Å². The minimum absolute atomic E-state index is 0.238. The van der Waals surface area contributed by atoms with Crippen LogP contribution in [0, 0.1) is 5.82 Å². The first-order chi connectivity index (χ1) is 9.63. The number of hydrogen-bond donors (Lipinski definition) is 1. The maximum Gasteiger partial charge on any atom is 0.133 e. The largest absolute Gasteiger partial charge is 0.370 e. The number of aromatic nitrogens is 2. The van der Waals surface area contributed by atoms with Gasteiger partial charge in [-0.05, 0) is 36.6 Å². The van der Waals surface area contributed by atoms with Crippen molar-refractivity contribution >= 4 is 5.82 Å². The number of halogens is 1. The number of rotatable bonds is 5. The molecule has 0 radical (unpaired) electrons. The van der Waals surface area contributed by atoms with Crippen molar-refractivity contribution in [3.8, 4) is 11.3 Å². The Morgan fingerprint density at radius 2 is 1.85 bits per heavy atom. The van der Waals surface area contributed by atoms with E-state index in [1.54, 1.807) is 18.5 Å². The van der Waals surface area contributed by atoms with Crippen molar-refractivity contribution in [2.45, 2.75) is 33.1 Å². The molecule has 1 heterocycles. The van der Waals surface area contributed by atoms with Crippen LogP contribution in [0.3, 0.4) is 0 Å². The quantitative estimate of drug-likeness (QED) is 0.886. The zero-order chi connectivity index (χ0) is 14.5. The summed E-state index contributed by atoms with van der Waals surface area (Å²) in [5, 5.41) is 3.34. The van der Waals surface area contributed by atoms with Gasteiger partial charge < -0.3 is 5.32 Å². The predicted molar refractivity (Wildman–Crippen MR) is 80.3 cm³/mol. The van der Waals surface area contributed by atoms with E-state index >= 15 is 0 Å². The van der Waals surface area contributed by atoms with E-state index in [0.717, 1.165) is 35.6 Å². The summed E-state index contributed by atoms with van der Waals surface area (Å²) in [6.07, 6.45) is 2.59. The standard InChI is InChI=1S/C16H20FN3/c1-4-9-18-16-14(11(2)3)15(19-10-20-16)12-5-7-13(17)8-6-12/h5-8,10-11H,4,9H2,1-3H3,(H,18,19,20). The smallest absolute Gasteiger partial charge is 0.133 e. The molecule has 1 aromatic heterocycles. The highest BCUT2D eigenvalue weighted by Gasteiger charge is 2.15. The molecule has 4 heteroatoms. The maximum atomic E-state index is 13.1. The van der Waals surface area contributed by atoms with Gasteiger partial charge in [-0.1, -0.05) is 20.8 Å². The summed E-state index contributed by atoms with van der Waals surface area (Å²) in [5.41, 5.74) is 2.86. The number of hydrogen-bond acceptors (Lipinski definition) is 3. The zero-order valence-corrected chi connectivity index (χ0v) is 12.2. The lowest BCUT2D eigenvalue weighted by molar-refractivity contribution is 0.628.